The molecule has 0 amide bonds. The molecule has 0 aliphatic carbocycles. The standard InChI is InChI=1S/C10H10BrClO2/c1-6-7(5-9(13)14-2)3-4-8(11)10(6)12/h3-4H,5H2,1-2H3. The van der Waals surface area contributed by atoms with Gasteiger partial charge in [0, 0.05) is 4.47 Å². The van der Waals surface area contributed by atoms with Gasteiger partial charge >= 0.3 is 5.97 Å². The zero-order valence-electron chi connectivity index (χ0n) is 7.93. The quantitative estimate of drug-likeness (QED) is 0.776. The predicted molar refractivity (Wildman–Crippen MR) is 59.6 cm³/mol. The molecule has 76 valence electrons. The van der Waals surface area contributed by atoms with Crippen molar-refractivity contribution in [2.24, 2.45) is 0 Å². The van der Waals surface area contributed by atoms with Gasteiger partial charge in [-0.2, -0.15) is 0 Å². The first-order valence-corrected chi connectivity index (χ1v) is 5.23. The van der Waals surface area contributed by atoms with Crippen LogP contribution in [0.3, 0.4) is 0 Å². The molecule has 0 unspecified atom stereocenters. The van der Waals surface area contributed by atoms with Crippen molar-refractivity contribution in [1.82, 2.24) is 0 Å². The Labute approximate surface area is 96.3 Å². The molecule has 0 radical (unpaired) electrons. The van der Waals surface area contributed by atoms with Crippen LogP contribution in [0.2, 0.25) is 5.02 Å². The van der Waals surface area contributed by atoms with Crippen LogP contribution in [0, 0.1) is 6.92 Å². The van der Waals surface area contributed by atoms with E-state index in [-0.39, 0.29) is 12.4 Å². The number of ether oxygens (including phenoxy) is 1. The van der Waals surface area contributed by atoms with Crippen LogP contribution in [-0.2, 0) is 16.0 Å². The van der Waals surface area contributed by atoms with Crippen LogP contribution >= 0.6 is 27.5 Å². The number of carbonyl (C=O) groups excluding carboxylic acids is 1. The van der Waals surface area contributed by atoms with Gasteiger partial charge in [-0.1, -0.05) is 17.7 Å². The molecule has 0 aliphatic heterocycles. The second kappa shape index (κ2) is 4.80. The number of halogens is 2. The molecule has 0 saturated carbocycles. The van der Waals surface area contributed by atoms with E-state index in [1.807, 2.05) is 19.1 Å². The van der Waals surface area contributed by atoms with E-state index in [4.69, 9.17) is 11.6 Å². The van der Waals surface area contributed by atoms with Gasteiger partial charge in [0.1, 0.15) is 0 Å². The van der Waals surface area contributed by atoms with Crippen molar-refractivity contribution in [2.45, 2.75) is 13.3 Å². The highest BCUT2D eigenvalue weighted by Crippen LogP contribution is 2.28. The first-order chi connectivity index (χ1) is 6.56. The molecule has 0 N–H and O–H groups in total. The number of esters is 1. The molecule has 0 saturated heterocycles. The van der Waals surface area contributed by atoms with Crippen LogP contribution < -0.4 is 0 Å². The van der Waals surface area contributed by atoms with Gasteiger partial charge in [0.15, 0.2) is 0 Å². The summed E-state index contributed by atoms with van der Waals surface area (Å²) in [4.78, 5) is 11.1. The summed E-state index contributed by atoms with van der Waals surface area (Å²) in [7, 11) is 1.37. The Bertz CT molecular complexity index is 363. The maximum Gasteiger partial charge on any atom is 0.309 e. The minimum atomic E-state index is -0.258. The molecule has 0 spiro atoms. The normalized spacial score (nSPS) is 10.0. The van der Waals surface area contributed by atoms with Crippen LogP contribution in [0.5, 0.6) is 0 Å². The van der Waals surface area contributed by atoms with Crippen LogP contribution in [0.15, 0.2) is 16.6 Å². The molecule has 0 aliphatic rings. The number of hydrogen-bond donors (Lipinski definition) is 0. The molecule has 1 aromatic rings. The van der Waals surface area contributed by atoms with E-state index >= 15 is 0 Å². The molecular weight excluding hydrogens is 267 g/mol. The van der Waals surface area contributed by atoms with Gasteiger partial charge in [0.2, 0.25) is 0 Å². The number of benzene rings is 1. The Morgan fingerprint density at radius 3 is 2.79 bits per heavy atom. The first kappa shape index (κ1) is 11.5. The van der Waals surface area contributed by atoms with E-state index in [1.165, 1.54) is 7.11 Å². The van der Waals surface area contributed by atoms with Crippen LogP contribution in [0.1, 0.15) is 11.1 Å². The van der Waals surface area contributed by atoms with Crippen molar-refractivity contribution in [1.29, 1.82) is 0 Å². The number of rotatable bonds is 2. The van der Waals surface area contributed by atoms with Crippen LogP contribution in [0.25, 0.3) is 0 Å². The predicted octanol–water partition coefficient (Wildman–Crippen LogP) is 3.13. The van der Waals surface area contributed by atoms with Crippen molar-refractivity contribution < 1.29 is 9.53 Å². The molecule has 0 fully saturated rings. The van der Waals surface area contributed by atoms with Gasteiger partial charge in [0.25, 0.3) is 0 Å². The summed E-state index contributed by atoms with van der Waals surface area (Å²) in [6.07, 6.45) is 0.259. The van der Waals surface area contributed by atoms with Crippen molar-refractivity contribution in [3.8, 4) is 0 Å². The van der Waals surface area contributed by atoms with Crippen LogP contribution in [0.4, 0.5) is 0 Å². The zero-order chi connectivity index (χ0) is 10.7. The number of methoxy groups -OCH3 is 1. The first-order valence-electron chi connectivity index (χ1n) is 4.06. The van der Waals surface area contributed by atoms with E-state index in [0.29, 0.717) is 5.02 Å². The van der Waals surface area contributed by atoms with Gasteiger partial charge in [-0.15, -0.1) is 0 Å². The molecule has 0 heterocycles. The fourth-order valence-electron chi connectivity index (χ4n) is 1.11. The lowest BCUT2D eigenvalue weighted by Gasteiger charge is -2.07. The van der Waals surface area contributed by atoms with Crippen molar-refractivity contribution >= 4 is 33.5 Å². The fourth-order valence-corrected chi connectivity index (χ4v) is 1.73. The molecule has 1 rings (SSSR count). The highest BCUT2D eigenvalue weighted by Gasteiger charge is 2.09. The molecular formula is C10H10BrClO2. The Balaban J connectivity index is 3.00. The number of carbonyl (C=O) groups is 1. The summed E-state index contributed by atoms with van der Waals surface area (Å²) in [5.41, 5.74) is 1.80. The second-order valence-corrected chi connectivity index (χ2v) is 4.13. The third-order valence-corrected chi connectivity index (χ3v) is 3.39. The molecule has 0 aromatic heterocycles. The van der Waals surface area contributed by atoms with Crippen molar-refractivity contribution in [3.05, 3.63) is 32.8 Å². The lowest BCUT2D eigenvalue weighted by atomic mass is 10.1. The highest BCUT2D eigenvalue weighted by atomic mass is 79.9. The lowest BCUT2D eigenvalue weighted by molar-refractivity contribution is -0.139. The zero-order valence-corrected chi connectivity index (χ0v) is 10.3. The summed E-state index contributed by atoms with van der Waals surface area (Å²) >= 11 is 9.33. The van der Waals surface area contributed by atoms with Gasteiger partial charge in [-0.25, -0.2) is 0 Å². The summed E-state index contributed by atoms with van der Waals surface area (Å²) in [5, 5.41) is 0.645. The average Bonchev–Trinajstić information content (AvgIpc) is 2.19. The van der Waals surface area contributed by atoms with E-state index < -0.39 is 0 Å². The van der Waals surface area contributed by atoms with Gasteiger partial charge in [0.05, 0.1) is 18.6 Å². The average molecular weight is 278 g/mol. The molecule has 1 aromatic carbocycles. The third-order valence-electron chi connectivity index (χ3n) is 2.01. The summed E-state index contributed by atoms with van der Waals surface area (Å²) in [6.45, 7) is 1.88. The van der Waals surface area contributed by atoms with Gasteiger partial charge in [-0.05, 0) is 40.0 Å². The molecule has 2 nitrogen and oxygen atoms in total. The molecule has 4 heteroatoms. The minimum absolute atomic E-state index is 0.258. The topological polar surface area (TPSA) is 26.3 Å². The van der Waals surface area contributed by atoms with Gasteiger partial charge in [-0.3, -0.25) is 4.79 Å². The minimum Gasteiger partial charge on any atom is -0.469 e. The van der Waals surface area contributed by atoms with E-state index in [0.717, 1.165) is 15.6 Å². The molecule has 0 bridgehead atoms. The Morgan fingerprint density at radius 2 is 2.21 bits per heavy atom. The van der Waals surface area contributed by atoms with E-state index in [2.05, 4.69) is 20.7 Å². The molecule has 0 atom stereocenters. The summed E-state index contributed by atoms with van der Waals surface area (Å²) in [5.74, 6) is -0.258. The Hall–Kier alpha value is -0.540. The Kier molecular flexibility index (Phi) is 3.96. The SMILES string of the molecule is COC(=O)Cc1ccc(Br)c(Cl)c1C. The largest absolute Gasteiger partial charge is 0.469 e. The van der Waals surface area contributed by atoms with Crippen molar-refractivity contribution in [2.75, 3.05) is 7.11 Å². The monoisotopic (exact) mass is 276 g/mol. The fraction of sp³-hybridized carbons (Fsp3) is 0.300. The highest BCUT2D eigenvalue weighted by molar-refractivity contribution is 9.10. The summed E-state index contributed by atoms with van der Waals surface area (Å²) in [6, 6.07) is 3.69. The van der Waals surface area contributed by atoms with Gasteiger partial charge < -0.3 is 4.74 Å². The smallest absolute Gasteiger partial charge is 0.309 e. The Morgan fingerprint density at radius 1 is 1.57 bits per heavy atom. The third kappa shape index (κ3) is 2.49. The second-order valence-electron chi connectivity index (χ2n) is 2.90. The van der Waals surface area contributed by atoms with Crippen LogP contribution in [-0.4, -0.2) is 13.1 Å². The van der Waals surface area contributed by atoms with E-state index in [9.17, 15) is 4.79 Å². The maximum absolute atomic E-state index is 11.1. The molecule has 14 heavy (non-hydrogen) atoms. The van der Waals surface area contributed by atoms with Crippen molar-refractivity contribution in [3.63, 3.8) is 0 Å². The number of hydrogen-bond acceptors (Lipinski definition) is 2. The summed E-state index contributed by atoms with van der Waals surface area (Å²) < 4.78 is 5.42. The van der Waals surface area contributed by atoms with E-state index in [1.54, 1.807) is 0 Å². The lowest BCUT2D eigenvalue weighted by Crippen LogP contribution is -2.05. The maximum atomic E-state index is 11.1.